The third-order valence-electron chi connectivity index (χ3n) is 4.43. The predicted octanol–water partition coefficient (Wildman–Crippen LogP) is 2.68. The molecule has 1 fully saturated rings. The number of carbonyl (C=O) groups is 2. The van der Waals surface area contributed by atoms with Crippen LogP contribution in [0.25, 0.3) is 11.1 Å². The van der Waals surface area contributed by atoms with E-state index in [1.54, 1.807) is 19.1 Å². The molecule has 138 valence electrons. The van der Waals surface area contributed by atoms with Crippen LogP contribution in [0.4, 0.5) is 4.79 Å². The summed E-state index contributed by atoms with van der Waals surface area (Å²) in [6.07, 6.45) is 0. The van der Waals surface area contributed by atoms with E-state index in [-0.39, 0.29) is 18.5 Å². The van der Waals surface area contributed by atoms with E-state index in [2.05, 4.69) is 20.9 Å². The Kier molecular flexibility index (Phi) is 4.45. The molecule has 1 aromatic heterocycles. The Morgan fingerprint density at radius 2 is 2.00 bits per heavy atom. The standard InChI is InChI=1S/C19H17ClN4O3/c1-10-22-14-7-4-12(8-16(14)27-10)17(11-2-5-13(20)6-3-11)24-18(25)15-9-21-19(26)23-15/h2-8,15,17H,9H2,1H3,(H,24,25)(H2,21,23,26)/t15?,17-/m0/s1. The van der Waals surface area contributed by atoms with Gasteiger partial charge in [-0.25, -0.2) is 9.78 Å². The molecule has 1 aliphatic heterocycles. The molecule has 1 aliphatic rings. The Hall–Kier alpha value is -3.06. The molecule has 0 radical (unpaired) electrons. The number of nitrogens with zero attached hydrogens (tertiary/aromatic N) is 1. The SMILES string of the molecule is Cc1nc2ccc([C@@H](NC(=O)C3CNC(=O)N3)c3ccc(Cl)cc3)cc2o1. The van der Waals surface area contributed by atoms with Gasteiger partial charge in [-0.05, 0) is 35.4 Å². The first-order chi connectivity index (χ1) is 13.0. The van der Waals surface area contributed by atoms with Gasteiger partial charge in [-0.2, -0.15) is 0 Å². The lowest BCUT2D eigenvalue weighted by atomic mass is 9.98. The zero-order valence-corrected chi connectivity index (χ0v) is 15.2. The van der Waals surface area contributed by atoms with Gasteiger partial charge >= 0.3 is 6.03 Å². The van der Waals surface area contributed by atoms with Gasteiger partial charge in [-0.3, -0.25) is 4.79 Å². The number of carbonyl (C=O) groups excluding carboxylic acids is 2. The van der Waals surface area contributed by atoms with Crippen LogP contribution in [0.1, 0.15) is 23.1 Å². The average molecular weight is 385 g/mol. The first-order valence-corrected chi connectivity index (χ1v) is 8.85. The van der Waals surface area contributed by atoms with Crippen LogP contribution in [0.15, 0.2) is 46.9 Å². The molecule has 0 saturated carbocycles. The Bertz CT molecular complexity index is 1020. The topological polar surface area (TPSA) is 96.3 Å². The Morgan fingerprint density at radius 3 is 2.70 bits per heavy atom. The van der Waals surface area contributed by atoms with Gasteiger partial charge in [-0.1, -0.05) is 29.8 Å². The summed E-state index contributed by atoms with van der Waals surface area (Å²) in [5, 5.41) is 8.79. The van der Waals surface area contributed by atoms with Crippen LogP contribution in [-0.4, -0.2) is 29.5 Å². The van der Waals surface area contributed by atoms with Gasteiger partial charge in [0.15, 0.2) is 11.5 Å². The summed E-state index contributed by atoms with van der Waals surface area (Å²) in [7, 11) is 0. The highest BCUT2D eigenvalue weighted by molar-refractivity contribution is 6.30. The van der Waals surface area contributed by atoms with E-state index in [1.807, 2.05) is 30.3 Å². The molecule has 1 saturated heterocycles. The maximum absolute atomic E-state index is 12.7. The minimum Gasteiger partial charge on any atom is -0.441 e. The molecule has 2 aromatic carbocycles. The monoisotopic (exact) mass is 384 g/mol. The highest BCUT2D eigenvalue weighted by atomic mass is 35.5. The van der Waals surface area contributed by atoms with Crippen LogP contribution >= 0.6 is 11.6 Å². The summed E-state index contributed by atoms with van der Waals surface area (Å²) in [5.74, 6) is 0.302. The van der Waals surface area contributed by atoms with Crippen molar-refractivity contribution in [2.24, 2.45) is 0 Å². The molecule has 0 aliphatic carbocycles. The van der Waals surface area contributed by atoms with E-state index < -0.39 is 12.1 Å². The predicted molar refractivity (Wildman–Crippen MR) is 101 cm³/mol. The van der Waals surface area contributed by atoms with Crippen LogP contribution in [0.2, 0.25) is 5.02 Å². The zero-order valence-electron chi connectivity index (χ0n) is 14.5. The molecule has 3 amide bonds. The number of benzene rings is 2. The minimum atomic E-state index is -0.622. The van der Waals surface area contributed by atoms with Crippen molar-refractivity contribution < 1.29 is 14.0 Å². The summed E-state index contributed by atoms with van der Waals surface area (Å²) >= 11 is 6.00. The van der Waals surface area contributed by atoms with Gasteiger partial charge in [0.05, 0.1) is 6.04 Å². The Morgan fingerprint density at radius 1 is 1.26 bits per heavy atom. The van der Waals surface area contributed by atoms with Gasteiger partial charge in [0.1, 0.15) is 11.6 Å². The number of rotatable bonds is 4. The second kappa shape index (κ2) is 6.92. The number of hydrogen-bond donors (Lipinski definition) is 3. The van der Waals surface area contributed by atoms with Crippen molar-refractivity contribution in [1.82, 2.24) is 20.9 Å². The van der Waals surface area contributed by atoms with Crippen molar-refractivity contribution in [2.45, 2.75) is 19.0 Å². The number of hydrogen-bond acceptors (Lipinski definition) is 4. The molecular formula is C19H17ClN4O3. The van der Waals surface area contributed by atoms with Crippen LogP contribution in [-0.2, 0) is 4.79 Å². The van der Waals surface area contributed by atoms with E-state index in [1.165, 1.54) is 0 Å². The lowest BCUT2D eigenvalue weighted by Crippen LogP contribution is -2.44. The molecule has 3 aromatic rings. The minimum absolute atomic E-state index is 0.248. The van der Waals surface area contributed by atoms with Crippen molar-refractivity contribution in [3.8, 4) is 0 Å². The third-order valence-corrected chi connectivity index (χ3v) is 4.68. The Balaban J connectivity index is 1.69. The highest BCUT2D eigenvalue weighted by Gasteiger charge is 2.29. The summed E-state index contributed by atoms with van der Waals surface area (Å²) in [4.78, 5) is 28.3. The fourth-order valence-corrected chi connectivity index (χ4v) is 3.23. The number of halogens is 1. The second-order valence-corrected chi connectivity index (χ2v) is 6.80. The number of fused-ring (bicyclic) bond motifs is 1. The lowest BCUT2D eigenvalue weighted by Gasteiger charge is -2.21. The van der Waals surface area contributed by atoms with E-state index in [0.29, 0.717) is 16.5 Å². The molecule has 27 heavy (non-hydrogen) atoms. The fourth-order valence-electron chi connectivity index (χ4n) is 3.11. The fraction of sp³-hybridized carbons (Fsp3) is 0.211. The average Bonchev–Trinajstić information content (AvgIpc) is 3.24. The van der Waals surface area contributed by atoms with Crippen molar-refractivity contribution in [2.75, 3.05) is 6.54 Å². The van der Waals surface area contributed by atoms with Gasteiger partial charge < -0.3 is 20.4 Å². The van der Waals surface area contributed by atoms with Gasteiger partial charge in [0.2, 0.25) is 5.91 Å². The van der Waals surface area contributed by atoms with Crippen LogP contribution < -0.4 is 16.0 Å². The summed E-state index contributed by atoms with van der Waals surface area (Å²) in [6.45, 7) is 2.03. The van der Waals surface area contributed by atoms with E-state index in [4.69, 9.17) is 16.0 Å². The number of amides is 3. The second-order valence-electron chi connectivity index (χ2n) is 6.36. The number of nitrogens with one attached hydrogen (secondary N) is 3. The van der Waals surface area contributed by atoms with E-state index in [9.17, 15) is 9.59 Å². The largest absolute Gasteiger partial charge is 0.441 e. The molecule has 2 heterocycles. The Labute approximate surface area is 160 Å². The molecule has 1 unspecified atom stereocenters. The summed E-state index contributed by atoms with van der Waals surface area (Å²) in [6, 6.07) is 11.5. The van der Waals surface area contributed by atoms with Crippen molar-refractivity contribution in [1.29, 1.82) is 0 Å². The molecule has 3 N–H and O–H groups in total. The maximum atomic E-state index is 12.7. The third kappa shape index (κ3) is 3.59. The van der Waals surface area contributed by atoms with Crippen molar-refractivity contribution in [3.63, 3.8) is 0 Å². The zero-order chi connectivity index (χ0) is 19.0. The van der Waals surface area contributed by atoms with Crippen molar-refractivity contribution in [3.05, 3.63) is 64.5 Å². The first-order valence-electron chi connectivity index (χ1n) is 8.47. The van der Waals surface area contributed by atoms with Gasteiger partial charge in [0, 0.05) is 18.5 Å². The molecule has 4 rings (SSSR count). The first kappa shape index (κ1) is 17.4. The quantitative estimate of drug-likeness (QED) is 0.644. The lowest BCUT2D eigenvalue weighted by molar-refractivity contribution is -0.122. The van der Waals surface area contributed by atoms with Gasteiger partial charge in [0.25, 0.3) is 0 Å². The van der Waals surface area contributed by atoms with Crippen molar-refractivity contribution >= 4 is 34.6 Å². The van der Waals surface area contributed by atoms with Crippen LogP contribution in [0.5, 0.6) is 0 Å². The van der Waals surface area contributed by atoms with Crippen LogP contribution in [0, 0.1) is 6.92 Å². The molecule has 2 atom stereocenters. The highest BCUT2D eigenvalue weighted by Crippen LogP contribution is 2.27. The molecule has 7 nitrogen and oxygen atoms in total. The van der Waals surface area contributed by atoms with E-state index in [0.717, 1.165) is 16.6 Å². The number of aryl methyl sites for hydroxylation is 1. The molecule has 0 bridgehead atoms. The van der Waals surface area contributed by atoms with Crippen LogP contribution in [0.3, 0.4) is 0 Å². The summed E-state index contributed by atoms with van der Waals surface area (Å²) in [5.41, 5.74) is 3.10. The molecule has 8 heteroatoms. The smallest absolute Gasteiger partial charge is 0.315 e. The number of oxazole rings is 1. The van der Waals surface area contributed by atoms with Gasteiger partial charge in [-0.15, -0.1) is 0 Å². The molecular weight excluding hydrogens is 368 g/mol. The number of aromatic nitrogens is 1. The van der Waals surface area contributed by atoms with E-state index >= 15 is 0 Å². The number of urea groups is 1. The normalized spacial score (nSPS) is 17.4. The maximum Gasteiger partial charge on any atom is 0.315 e. The summed E-state index contributed by atoms with van der Waals surface area (Å²) < 4.78 is 5.62. The molecule has 0 spiro atoms.